The highest BCUT2D eigenvalue weighted by molar-refractivity contribution is 5.92. The number of benzene rings is 3. The van der Waals surface area contributed by atoms with E-state index in [4.69, 9.17) is 9.47 Å². The monoisotopic (exact) mass is 653 g/mol. The maximum Gasteiger partial charge on any atom is 0.335 e. The predicted octanol–water partition coefficient (Wildman–Crippen LogP) is 7.64. The number of fused-ring (bicyclic) bond motifs is 2. The van der Waals surface area contributed by atoms with Gasteiger partial charge in [-0.2, -0.15) is 0 Å². The van der Waals surface area contributed by atoms with Gasteiger partial charge in [-0.3, -0.25) is 0 Å². The summed E-state index contributed by atoms with van der Waals surface area (Å²) in [6, 6.07) is 11.7. The average Bonchev–Trinajstić information content (AvgIpc) is 3.72. The van der Waals surface area contributed by atoms with Gasteiger partial charge in [0.15, 0.2) is 11.6 Å². The Morgan fingerprint density at radius 2 is 1.70 bits per heavy atom. The van der Waals surface area contributed by atoms with Crippen LogP contribution in [-0.2, 0) is 24.3 Å². The summed E-state index contributed by atoms with van der Waals surface area (Å²) < 4.78 is 98.1. The number of rotatable bonds is 10. The molecule has 4 heterocycles. The van der Waals surface area contributed by atoms with Crippen LogP contribution in [0.15, 0.2) is 60.7 Å². The number of halogens is 6. The van der Waals surface area contributed by atoms with Crippen LogP contribution in [-0.4, -0.2) is 37.8 Å². The van der Waals surface area contributed by atoms with Crippen LogP contribution in [0.4, 0.5) is 26.3 Å². The SMILES string of the molecule is O=C(O)c1cc(F)c2nc(Cc3ccc(-c4ccc(F)c(OCc5ccc(C(F)F)cc5F)n4)cc3F)n(CC34CC(CO3)C4)c2c1. The quantitative estimate of drug-likeness (QED) is 0.156. The minimum atomic E-state index is -2.85. The first-order valence-corrected chi connectivity index (χ1v) is 14.7. The second kappa shape index (κ2) is 11.7. The van der Waals surface area contributed by atoms with Gasteiger partial charge in [-0.25, -0.2) is 41.1 Å². The van der Waals surface area contributed by atoms with E-state index < -0.39 is 59.3 Å². The van der Waals surface area contributed by atoms with E-state index in [0.29, 0.717) is 31.0 Å². The number of alkyl halides is 2. The fourth-order valence-corrected chi connectivity index (χ4v) is 6.32. The highest BCUT2D eigenvalue weighted by Gasteiger charge is 2.52. The van der Waals surface area contributed by atoms with Gasteiger partial charge < -0.3 is 19.1 Å². The summed E-state index contributed by atoms with van der Waals surface area (Å²) in [5.74, 6) is -4.28. The third-order valence-electron chi connectivity index (χ3n) is 8.73. The number of aromatic carboxylic acids is 1. The molecule has 1 aliphatic carbocycles. The van der Waals surface area contributed by atoms with Crippen molar-refractivity contribution < 1.29 is 45.7 Å². The highest BCUT2D eigenvalue weighted by atomic mass is 19.3. The lowest BCUT2D eigenvalue weighted by Crippen LogP contribution is -2.41. The molecule has 13 heteroatoms. The molecule has 1 saturated carbocycles. The summed E-state index contributed by atoms with van der Waals surface area (Å²) in [7, 11) is 0. The maximum absolute atomic E-state index is 15.6. The van der Waals surface area contributed by atoms with E-state index in [0.717, 1.165) is 37.1 Å². The number of aromatic nitrogens is 3. The zero-order chi connectivity index (χ0) is 33.0. The zero-order valence-electron chi connectivity index (χ0n) is 24.5. The number of hydrogen-bond donors (Lipinski definition) is 1. The van der Waals surface area contributed by atoms with E-state index in [-0.39, 0.29) is 45.4 Å². The van der Waals surface area contributed by atoms with Crippen LogP contribution in [0, 0.1) is 29.2 Å². The Bertz CT molecular complexity index is 2040. The van der Waals surface area contributed by atoms with E-state index in [1.807, 2.05) is 0 Å². The molecular weight excluding hydrogens is 628 g/mol. The summed E-state index contributed by atoms with van der Waals surface area (Å²) >= 11 is 0. The molecule has 2 aromatic heterocycles. The topological polar surface area (TPSA) is 86.5 Å². The smallest absolute Gasteiger partial charge is 0.335 e. The molecule has 0 unspecified atom stereocenters. The molecular formula is C34H25F6N3O4. The number of carboxylic acid groups (broad SMARTS) is 1. The van der Waals surface area contributed by atoms with Gasteiger partial charge in [0.2, 0.25) is 0 Å². The lowest BCUT2D eigenvalue weighted by atomic mass is 9.74. The highest BCUT2D eigenvalue weighted by Crippen LogP contribution is 2.49. The van der Waals surface area contributed by atoms with Crippen LogP contribution in [0.5, 0.6) is 5.88 Å². The van der Waals surface area contributed by atoms with Gasteiger partial charge in [-0.1, -0.05) is 24.3 Å². The van der Waals surface area contributed by atoms with Gasteiger partial charge in [-0.05, 0) is 60.7 Å². The van der Waals surface area contributed by atoms with Crippen molar-refractivity contribution in [2.75, 3.05) is 6.61 Å². The second-order valence-corrected chi connectivity index (χ2v) is 11.9. The number of ether oxygens (including phenoxy) is 2. The summed E-state index contributed by atoms with van der Waals surface area (Å²) in [6.45, 7) is 0.431. The van der Waals surface area contributed by atoms with E-state index in [9.17, 15) is 27.5 Å². The van der Waals surface area contributed by atoms with Crippen LogP contribution >= 0.6 is 0 Å². The number of pyridine rings is 1. The largest absolute Gasteiger partial charge is 0.478 e. The molecule has 3 aliphatic rings. The van der Waals surface area contributed by atoms with Gasteiger partial charge >= 0.3 is 5.97 Å². The molecule has 0 spiro atoms. The normalized spacial score (nSPS) is 18.6. The van der Waals surface area contributed by atoms with Gasteiger partial charge in [-0.15, -0.1) is 0 Å². The van der Waals surface area contributed by atoms with E-state index in [1.54, 1.807) is 10.6 Å². The van der Waals surface area contributed by atoms with Crippen molar-refractivity contribution in [2.24, 2.45) is 5.92 Å². The second-order valence-electron chi connectivity index (χ2n) is 11.9. The first kappa shape index (κ1) is 30.7. The van der Waals surface area contributed by atoms with E-state index >= 15 is 8.78 Å². The van der Waals surface area contributed by atoms with Crippen molar-refractivity contribution in [3.8, 4) is 17.1 Å². The Balaban J connectivity index is 1.15. The molecule has 7 nitrogen and oxygen atoms in total. The molecule has 2 saturated heterocycles. The van der Waals surface area contributed by atoms with Gasteiger partial charge in [0.1, 0.15) is 29.6 Å². The Hall–Kier alpha value is -4.91. The van der Waals surface area contributed by atoms with E-state index in [1.165, 1.54) is 24.3 Å². The molecule has 47 heavy (non-hydrogen) atoms. The fourth-order valence-electron chi connectivity index (χ4n) is 6.32. The zero-order valence-corrected chi connectivity index (χ0v) is 24.5. The number of hydrogen-bond acceptors (Lipinski definition) is 5. The molecule has 2 bridgehead atoms. The van der Waals surface area contributed by atoms with Crippen molar-refractivity contribution in [3.63, 3.8) is 0 Å². The number of nitrogens with zero attached hydrogens (tertiary/aromatic N) is 3. The van der Waals surface area contributed by atoms with Crippen molar-refractivity contribution in [3.05, 3.63) is 112 Å². The summed E-state index contributed by atoms with van der Waals surface area (Å²) in [5.41, 5.74) is -0.422. The lowest BCUT2D eigenvalue weighted by Gasteiger charge is -2.36. The van der Waals surface area contributed by atoms with Crippen molar-refractivity contribution in [1.82, 2.24) is 14.5 Å². The number of carboxylic acids is 1. The van der Waals surface area contributed by atoms with Gasteiger partial charge in [0.25, 0.3) is 12.3 Å². The Morgan fingerprint density at radius 1 is 0.936 bits per heavy atom. The fraction of sp³-hybridized carbons (Fsp3) is 0.265. The summed E-state index contributed by atoms with van der Waals surface area (Å²) in [6.07, 6.45) is -1.28. The van der Waals surface area contributed by atoms with Crippen molar-refractivity contribution in [1.29, 1.82) is 0 Å². The molecule has 1 N–H and O–H groups in total. The van der Waals surface area contributed by atoms with Crippen molar-refractivity contribution >= 4 is 17.0 Å². The Morgan fingerprint density at radius 3 is 2.38 bits per heavy atom. The van der Waals surface area contributed by atoms with Gasteiger partial charge in [0, 0.05) is 23.1 Å². The van der Waals surface area contributed by atoms with E-state index in [2.05, 4.69) is 9.97 Å². The molecule has 8 rings (SSSR count). The third-order valence-corrected chi connectivity index (χ3v) is 8.73. The lowest BCUT2D eigenvalue weighted by molar-refractivity contribution is -0.0132. The summed E-state index contributed by atoms with van der Waals surface area (Å²) in [4.78, 5) is 20.2. The third kappa shape index (κ3) is 5.79. The van der Waals surface area contributed by atoms with Gasteiger partial charge in [0.05, 0.1) is 35.5 Å². The Labute approximate surface area is 263 Å². The molecule has 2 aliphatic heterocycles. The molecule has 242 valence electrons. The first-order valence-electron chi connectivity index (χ1n) is 14.7. The van der Waals surface area contributed by atoms with Crippen LogP contribution in [0.1, 0.15) is 52.1 Å². The standard InChI is InChI=1S/C34H25F6N3O4/c35-23-5-6-27(41-32(23)46-15-21-4-3-20(31(39)40)8-25(21)37)19-2-1-18(24(36)7-19)11-29-42-30-26(38)9-22(33(44)45)10-28(30)43(29)16-34-12-17(13-34)14-47-34/h1-10,17,31H,11-16H2,(H,44,45). The molecule has 5 aromatic rings. The Kier molecular flexibility index (Phi) is 7.66. The molecule has 3 aromatic carbocycles. The van der Waals surface area contributed by atoms with Crippen LogP contribution in [0.25, 0.3) is 22.3 Å². The minimum Gasteiger partial charge on any atom is -0.478 e. The van der Waals surface area contributed by atoms with Crippen LogP contribution < -0.4 is 4.74 Å². The average molecular weight is 654 g/mol. The predicted molar refractivity (Wildman–Crippen MR) is 156 cm³/mol. The molecule has 0 radical (unpaired) electrons. The van der Waals surface area contributed by atoms with Crippen LogP contribution in [0.2, 0.25) is 0 Å². The van der Waals surface area contributed by atoms with Crippen molar-refractivity contribution in [2.45, 2.75) is 44.4 Å². The maximum atomic E-state index is 15.6. The molecule has 0 amide bonds. The number of imidazole rings is 1. The molecule has 0 atom stereocenters. The first-order chi connectivity index (χ1) is 22.5. The van der Waals surface area contributed by atoms with Crippen LogP contribution in [0.3, 0.4) is 0 Å². The summed E-state index contributed by atoms with van der Waals surface area (Å²) in [5, 5.41) is 9.51. The molecule has 3 fully saturated rings. The minimum absolute atomic E-state index is 0.0276. The number of carbonyl (C=O) groups is 1.